The molecule has 1 aliphatic heterocycles. The number of carbonyl (C=O) groups is 2. The van der Waals surface area contributed by atoms with Gasteiger partial charge in [-0.15, -0.1) is 22.7 Å². The SMILES string of the molecule is O=C(NCc1ccccc1)C1c2ccsc2-c2ccsc2C(=O)N1C1CCCC1. The molecule has 1 saturated carbocycles. The summed E-state index contributed by atoms with van der Waals surface area (Å²) in [4.78, 5) is 30.8. The van der Waals surface area contributed by atoms with Gasteiger partial charge in [0.15, 0.2) is 0 Å². The number of hydrogen-bond donors (Lipinski definition) is 1. The zero-order chi connectivity index (χ0) is 19.8. The van der Waals surface area contributed by atoms with Crippen molar-refractivity contribution in [2.75, 3.05) is 0 Å². The van der Waals surface area contributed by atoms with Gasteiger partial charge in [-0.25, -0.2) is 0 Å². The van der Waals surface area contributed by atoms with E-state index in [-0.39, 0.29) is 17.9 Å². The summed E-state index contributed by atoms with van der Waals surface area (Å²) in [7, 11) is 0. The predicted molar refractivity (Wildman–Crippen MR) is 117 cm³/mol. The Morgan fingerprint density at radius 2 is 1.72 bits per heavy atom. The Bertz CT molecular complexity index is 1030. The van der Waals surface area contributed by atoms with Crippen LogP contribution in [0.4, 0.5) is 0 Å². The minimum atomic E-state index is -0.574. The molecule has 2 aliphatic rings. The van der Waals surface area contributed by atoms with Crippen molar-refractivity contribution in [1.82, 2.24) is 10.2 Å². The molecule has 0 bridgehead atoms. The van der Waals surface area contributed by atoms with Crippen LogP contribution in [0.1, 0.15) is 52.5 Å². The summed E-state index contributed by atoms with van der Waals surface area (Å²) >= 11 is 3.10. The second-order valence-corrected chi connectivity index (χ2v) is 9.46. The number of rotatable bonds is 4. The lowest BCUT2D eigenvalue weighted by Gasteiger charge is -2.34. The van der Waals surface area contributed by atoms with E-state index in [1.807, 2.05) is 58.1 Å². The highest BCUT2D eigenvalue weighted by molar-refractivity contribution is 7.16. The Morgan fingerprint density at radius 3 is 2.52 bits per heavy atom. The van der Waals surface area contributed by atoms with Crippen molar-refractivity contribution >= 4 is 34.5 Å². The van der Waals surface area contributed by atoms with Gasteiger partial charge in [0.1, 0.15) is 10.9 Å². The Labute approximate surface area is 178 Å². The summed E-state index contributed by atoms with van der Waals surface area (Å²) in [5.74, 6) is -0.0888. The van der Waals surface area contributed by atoms with Crippen LogP contribution in [0.2, 0.25) is 0 Å². The van der Waals surface area contributed by atoms with Gasteiger partial charge in [0.05, 0.1) is 0 Å². The van der Waals surface area contributed by atoms with Gasteiger partial charge in [0.25, 0.3) is 5.91 Å². The molecule has 2 aromatic heterocycles. The Hall–Kier alpha value is -2.44. The number of fused-ring (bicyclic) bond motifs is 3. The van der Waals surface area contributed by atoms with Gasteiger partial charge in [-0.3, -0.25) is 9.59 Å². The lowest BCUT2D eigenvalue weighted by molar-refractivity contribution is -0.126. The molecular formula is C23H22N2O2S2. The highest BCUT2D eigenvalue weighted by Gasteiger charge is 2.42. The highest BCUT2D eigenvalue weighted by Crippen LogP contribution is 2.45. The van der Waals surface area contributed by atoms with Crippen molar-refractivity contribution in [1.29, 1.82) is 0 Å². The zero-order valence-electron chi connectivity index (χ0n) is 16.0. The third kappa shape index (κ3) is 3.30. The summed E-state index contributed by atoms with van der Waals surface area (Å²) in [6, 6.07) is 13.5. The molecule has 6 heteroatoms. The van der Waals surface area contributed by atoms with E-state index in [0.29, 0.717) is 6.54 Å². The minimum absolute atomic E-state index is 0.00478. The number of hydrogen-bond acceptors (Lipinski definition) is 4. The Balaban J connectivity index is 1.54. The van der Waals surface area contributed by atoms with Crippen LogP contribution in [0.3, 0.4) is 0 Å². The van der Waals surface area contributed by atoms with Crippen LogP contribution in [0, 0.1) is 0 Å². The van der Waals surface area contributed by atoms with Crippen LogP contribution < -0.4 is 5.32 Å². The van der Waals surface area contributed by atoms with Crippen molar-refractivity contribution < 1.29 is 9.59 Å². The molecule has 1 atom stereocenters. The van der Waals surface area contributed by atoms with E-state index in [1.54, 1.807) is 11.3 Å². The van der Waals surface area contributed by atoms with E-state index in [2.05, 4.69) is 5.32 Å². The monoisotopic (exact) mass is 422 g/mol. The van der Waals surface area contributed by atoms with Crippen molar-refractivity contribution in [2.24, 2.45) is 0 Å². The van der Waals surface area contributed by atoms with Gasteiger partial charge in [-0.2, -0.15) is 0 Å². The topological polar surface area (TPSA) is 49.4 Å². The standard InChI is InChI=1S/C23H22N2O2S2/c26-22(24-14-15-6-2-1-3-7-15)19-17-10-12-28-20(17)18-11-13-29-21(18)23(27)25(19)16-8-4-5-9-16/h1-3,6-7,10-13,16,19H,4-5,8-9,14H2,(H,24,26). The molecule has 0 spiro atoms. The van der Waals surface area contributed by atoms with E-state index < -0.39 is 6.04 Å². The maximum absolute atomic E-state index is 13.6. The van der Waals surface area contributed by atoms with Crippen LogP contribution in [-0.4, -0.2) is 22.8 Å². The third-order valence-electron chi connectivity index (χ3n) is 5.88. The molecule has 1 unspecified atom stereocenters. The van der Waals surface area contributed by atoms with Gasteiger partial charge in [0.2, 0.25) is 5.91 Å². The van der Waals surface area contributed by atoms with Crippen LogP contribution in [0.5, 0.6) is 0 Å². The number of carbonyl (C=O) groups excluding carboxylic acids is 2. The predicted octanol–water partition coefficient (Wildman–Crippen LogP) is 5.23. The van der Waals surface area contributed by atoms with Crippen LogP contribution in [-0.2, 0) is 11.3 Å². The molecule has 1 N–H and O–H groups in total. The average molecular weight is 423 g/mol. The number of nitrogens with zero attached hydrogens (tertiary/aromatic N) is 1. The maximum Gasteiger partial charge on any atom is 0.265 e. The second-order valence-electron chi connectivity index (χ2n) is 7.63. The summed E-state index contributed by atoms with van der Waals surface area (Å²) in [5, 5.41) is 7.11. The lowest BCUT2D eigenvalue weighted by Crippen LogP contribution is -2.47. The van der Waals surface area contributed by atoms with Gasteiger partial charge in [0, 0.05) is 28.6 Å². The first kappa shape index (κ1) is 18.6. The van der Waals surface area contributed by atoms with Crippen LogP contribution in [0.25, 0.3) is 10.4 Å². The smallest absolute Gasteiger partial charge is 0.265 e. The molecular weight excluding hydrogens is 400 g/mol. The van der Waals surface area contributed by atoms with Crippen molar-refractivity contribution in [3.8, 4) is 10.4 Å². The molecule has 0 saturated heterocycles. The fourth-order valence-corrected chi connectivity index (χ4v) is 6.37. The minimum Gasteiger partial charge on any atom is -0.350 e. The lowest BCUT2D eigenvalue weighted by atomic mass is 10.0. The molecule has 1 aliphatic carbocycles. The van der Waals surface area contributed by atoms with Crippen molar-refractivity contribution in [3.63, 3.8) is 0 Å². The van der Waals surface area contributed by atoms with E-state index in [4.69, 9.17) is 0 Å². The second kappa shape index (κ2) is 7.76. The van der Waals surface area contributed by atoms with E-state index in [1.165, 1.54) is 11.3 Å². The van der Waals surface area contributed by atoms with Crippen molar-refractivity contribution in [3.05, 3.63) is 69.2 Å². The summed E-state index contributed by atoms with van der Waals surface area (Å²) in [6.45, 7) is 0.462. The number of benzene rings is 1. The number of thiophene rings is 2. The van der Waals surface area contributed by atoms with E-state index in [0.717, 1.165) is 52.1 Å². The molecule has 4 nitrogen and oxygen atoms in total. The van der Waals surface area contributed by atoms with E-state index in [9.17, 15) is 9.59 Å². The largest absolute Gasteiger partial charge is 0.350 e. The van der Waals surface area contributed by atoms with E-state index >= 15 is 0 Å². The summed E-state index contributed by atoms with van der Waals surface area (Å²) in [5.41, 5.74) is 2.99. The molecule has 5 rings (SSSR count). The molecule has 1 aromatic carbocycles. The Morgan fingerprint density at radius 1 is 1.00 bits per heavy atom. The quantitative estimate of drug-likeness (QED) is 0.626. The summed E-state index contributed by atoms with van der Waals surface area (Å²) in [6.07, 6.45) is 4.16. The summed E-state index contributed by atoms with van der Waals surface area (Å²) < 4.78 is 0. The fourth-order valence-electron chi connectivity index (χ4n) is 4.50. The zero-order valence-corrected chi connectivity index (χ0v) is 17.6. The normalized spacial score (nSPS) is 19.0. The third-order valence-corrected chi connectivity index (χ3v) is 7.75. The maximum atomic E-state index is 13.6. The first-order valence-corrected chi connectivity index (χ1v) is 11.8. The van der Waals surface area contributed by atoms with Gasteiger partial charge in [-0.05, 0) is 41.3 Å². The molecule has 2 amide bonds. The molecule has 1 fully saturated rings. The van der Waals surface area contributed by atoms with Crippen LogP contribution >= 0.6 is 22.7 Å². The molecule has 148 valence electrons. The first-order chi connectivity index (χ1) is 14.2. The molecule has 3 heterocycles. The average Bonchev–Trinajstić information content (AvgIpc) is 3.50. The molecule has 3 aromatic rings. The molecule has 0 radical (unpaired) electrons. The van der Waals surface area contributed by atoms with Gasteiger partial charge in [-0.1, -0.05) is 43.2 Å². The van der Waals surface area contributed by atoms with Gasteiger partial charge < -0.3 is 10.2 Å². The first-order valence-electron chi connectivity index (χ1n) is 10.0. The Kier molecular flexibility index (Phi) is 4.97. The highest BCUT2D eigenvalue weighted by atomic mass is 32.1. The van der Waals surface area contributed by atoms with Crippen LogP contribution in [0.15, 0.2) is 53.2 Å². The number of nitrogens with one attached hydrogen (secondary N) is 1. The van der Waals surface area contributed by atoms with Crippen molar-refractivity contribution in [2.45, 2.75) is 44.3 Å². The fraction of sp³-hybridized carbons (Fsp3) is 0.304. The number of amides is 2. The molecule has 29 heavy (non-hydrogen) atoms. The van der Waals surface area contributed by atoms with Gasteiger partial charge >= 0.3 is 0 Å².